The normalized spacial score (nSPS) is 10.0. The van der Waals surface area contributed by atoms with Crippen molar-refractivity contribution in [3.8, 4) is 17.6 Å². The summed E-state index contributed by atoms with van der Waals surface area (Å²) in [5.41, 5.74) is 0.518. The van der Waals surface area contributed by atoms with Crippen molar-refractivity contribution in [2.24, 2.45) is 0 Å². The molecule has 0 unspecified atom stereocenters. The molecule has 3 nitrogen and oxygen atoms in total. The average molecular weight is 331 g/mol. The minimum atomic E-state index is 0.0198. The van der Waals surface area contributed by atoms with E-state index in [-0.39, 0.29) is 6.10 Å². The van der Waals surface area contributed by atoms with E-state index < -0.39 is 0 Å². The van der Waals surface area contributed by atoms with Gasteiger partial charge in [0.05, 0.1) is 18.3 Å². The first-order valence-electron chi connectivity index (χ1n) is 5.11. The molecule has 0 aliphatic heterocycles. The number of nitrogens with zero attached hydrogens (tertiary/aromatic N) is 1. The van der Waals surface area contributed by atoms with Gasteiger partial charge in [0.2, 0.25) is 0 Å². The van der Waals surface area contributed by atoms with Crippen LogP contribution in [0.5, 0.6) is 11.5 Å². The Hall–Kier alpha value is -0.960. The van der Waals surface area contributed by atoms with Crippen LogP contribution < -0.4 is 9.47 Å². The summed E-state index contributed by atoms with van der Waals surface area (Å²) < 4.78 is 12.1. The summed E-state index contributed by atoms with van der Waals surface area (Å²) in [6.07, 6.45) is 0.0198. The van der Waals surface area contributed by atoms with Gasteiger partial charge < -0.3 is 9.47 Å². The van der Waals surface area contributed by atoms with Crippen LogP contribution in [0.4, 0.5) is 0 Å². The van der Waals surface area contributed by atoms with Crippen LogP contribution in [0.25, 0.3) is 0 Å². The van der Waals surface area contributed by atoms with E-state index >= 15 is 0 Å². The summed E-state index contributed by atoms with van der Waals surface area (Å²) in [6, 6.07) is 5.80. The minimum absolute atomic E-state index is 0.0198. The summed E-state index contributed by atoms with van der Waals surface area (Å²) in [5.74, 6) is 1.18. The Morgan fingerprint density at radius 1 is 1.44 bits per heavy atom. The first-order chi connectivity index (χ1) is 7.58. The molecule has 1 aromatic carbocycles. The lowest BCUT2D eigenvalue weighted by molar-refractivity contribution is 0.223. The second-order valence-corrected chi connectivity index (χ2v) is 4.74. The van der Waals surface area contributed by atoms with Gasteiger partial charge in [-0.15, -0.1) is 0 Å². The highest BCUT2D eigenvalue weighted by molar-refractivity contribution is 14.1. The number of hydrogen-bond donors (Lipinski definition) is 0. The van der Waals surface area contributed by atoms with Crippen molar-refractivity contribution in [3.05, 3.63) is 21.3 Å². The zero-order chi connectivity index (χ0) is 12.1. The van der Waals surface area contributed by atoms with E-state index in [0.717, 1.165) is 3.57 Å². The van der Waals surface area contributed by atoms with Gasteiger partial charge in [0.15, 0.2) is 11.5 Å². The van der Waals surface area contributed by atoms with E-state index in [9.17, 15) is 0 Å². The Morgan fingerprint density at radius 3 is 2.62 bits per heavy atom. The van der Waals surface area contributed by atoms with Crippen LogP contribution in [0.1, 0.15) is 26.3 Å². The molecular weight excluding hydrogens is 317 g/mol. The molecule has 0 bridgehead atoms. The molecule has 0 fully saturated rings. The van der Waals surface area contributed by atoms with Gasteiger partial charge in [-0.1, -0.05) is 0 Å². The number of hydrogen-bond acceptors (Lipinski definition) is 3. The van der Waals surface area contributed by atoms with Gasteiger partial charge in [-0.25, -0.2) is 0 Å². The quantitative estimate of drug-likeness (QED) is 0.795. The monoisotopic (exact) mass is 331 g/mol. The first-order valence-corrected chi connectivity index (χ1v) is 6.19. The van der Waals surface area contributed by atoms with Crippen LogP contribution in [0, 0.1) is 14.9 Å². The molecule has 0 amide bonds. The van der Waals surface area contributed by atoms with Crippen molar-refractivity contribution in [1.29, 1.82) is 5.26 Å². The molecule has 86 valence electrons. The van der Waals surface area contributed by atoms with Crippen molar-refractivity contribution in [3.63, 3.8) is 0 Å². The lowest BCUT2D eigenvalue weighted by Gasteiger charge is -2.16. The van der Waals surface area contributed by atoms with Gasteiger partial charge in [0.1, 0.15) is 6.07 Å². The van der Waals surface area contributed by atoms with E-state index in [0.29, 0.717) is 23.7 Å². The third kappa shape index (κ3) is 3.27. The van der Waals surface area contributed by atoms with Crippen LogP contribution in [-0.2, 0) is 0 Å². The van der Waals surface area contributed by atoms with Gasteiger partial charge >= 0.3 is 0 Å². The molecule has 0 aliphatic carbocycles. The maximum atomic E-state index is 9.06. The highest BCUT2D eigenvalue weighted by Crippen LogP contribution is 2.34. The topological polar surface area (TPSA) is 42.2 Å². The fraction of sp³-hybridized carbons (Fsp3) is 0.417. The minimum Gasteiger partial charge on any atom is -0.490 e. The van der Waals surface area contributed by atoms with Gasteiger partial charge in [0, 0.05) is 3.57 Å². The predicted octanol–water partition coefficient (Wildman–Crippen LogP) is 3.35. The molecule has 0 heterocycles. The van der Waals surface area contributed by atoms with E-state index in [2.05, 4.69) is 28.7 Å². The van der Waals surface area contributed by atoms with Crippen LogP contribution >= 0.6 is 22.6 Å². The van der Waals surface area contributed by atoms with Crippen LogP contribution in [0.15, 0.2) is 12.1 Å². The molecule has 16 heavy (non-hydrogen) atoms. The Labute approximate surface area is 110 Å². The largest absolute Gasteiger partial charge is 0.490 e. The standard InChI is InChI=1S/C12H14INO2/c1-4-15-11-6-10(13)5-9(7-14)12(11)16-8(2)3/h5-6,8H,4H2,1-3H3. The first kappa shape index (κ1) is 13.1. The molecule has 0 saturated heterocycles. The number of rotatable bonds is 4. The van der Waals surface area contributed by atoms with Gasteiger partial charge in [-0.05, 0) is 55.5 Å². The summed E-state index contributed by atoms with van der Waals surface area (Å²) in [6.45, 7) is 6.31. The fourth-order valence-corrected chi connectivity index (χ4v) is 1.87. The average Bonchev–Trinajstić information content (AvgIpc) is 2.21. The van der Waals surface area contributed by atoms with Gasteiger partial charge in [-0.2, -0.15) is 5.26 Å². The number of ether oxygens (including phenoxy) is 2. The molecule has 0 aromatic heterocycles. The lowest BCUT2D eigenvalue weighted by Crippen LogP contribution is -2.09. The molecule has 0 N–H and O–H groups in total. The molecule has 4 heteroatoms. The van der Waals surface area contributed by atoms with Crippen LogP contribution in [-0.4, -0.2) is 12.7 Å². The molecule has 0 radical (unpaired) electrons. The maximum absolute atomic E-state index is 9.06. The van der Waals surface area contributed by atoms with E-state index in [1.54, 1.807) is 6.07 Å². The highest BCUT2D eigenvalue weighted by Gasteiger charge is 2.14. The van der Waals surface area contributed by atoms with Crippen LogP contribution in [0.3, 0.4) is 0 Å². The third-order valence-corrected chi connectivity index (χ3v) is 2.42. The van der Waals surface area contributed by atoms with Gasteiger partial charge in [0.25, 0.3) is 0 Å². The van der Waals surface area contributed by atoms with E-state index in [1.807, 2.05) is 26.8 Å². The fourth-order valence-electron chi connectivity index (χ4n) is 1.27. The van der Waals surface area contributed by atoms with Crippen LogP contribution in [0.2, 0.25) is 0 Å². The number of benzene rings is 1. The zero-order valence-corrected chi connectivity index (χ0v) is 11.7. The Bertz CT molecular complexity index is 410. The highest BCUT2D eigenvalue weighted by atomic mass is 127. The van der Waals surface area contributed by atoms with Crippen molar-refractivity contribution in [1.82, 2.24) is 0 Å². The van der Waals surface area contributed by atoms with Gasteiger partial charge in [-0.3, -0.25) is 0 Å². The van der Waals surface area contributed by atoms with Crippen molar-refractivity contribution < 1.29 is 9.47 Å². The summed E-state index contributed by atoms with van der Waals surface area (Å²) in [7, 11) is 0. The maximum Gasteiger partial charge on any atom is 0.179 e. The zero-order valence-electron chi connectivity index (χ0n) is 9.58. The number of halogens is 1. The molecule has 0 aliphatic rings. The molecule has 1 aromatic rings. The molecule has 0 saturated carbocycles. The Morgan fingerprint density at radius 2 is 2.12 bits per heavy atom. The van der Waals surface area contributed by atoms with E-state index in [1.165, 1.54) is 0 Å². The predicted molar refractivity (Wildman–Crippen MR) is 70.8 cm³/mol. The summed E-state index contributed by atoms with van der Waals surface area (Å²) in [5, 5.41) is 9.06. The second-order valence-electron chi connectivity index (χ2n) is 3.49. The molecule has 0 atom stereocenters. The van der Waals surface area contributed by atoms with Crippen molar-refractivity contribution in [2.75, 3.05) is 6.61 Å². The molecule has 0 spiro atoms. The smallest absolute Gasteiger partial charge is 0.179 e. The third-order valence-electron chi connectivity index (χ3n) is 1.79. The Kier molecular flexibility index (Phi) is 4.87. The number of nitriles is 1. The SMILES string of the molecule is CCOc1cc(I)cc(C#N)c1OC(C)C. The summed E-state index contributed by atoms with van der Waals surface area (Å²) >= 11 is 2.16. The Balaban J connectivity index is 3.22. The lowest BCUT2D eigenvalue weighted by atomic mass is 10.2. The van der Waals surface area contributed by atoms with Crippen molar-refractivity contribution in [2.45, 2.75) is 26.9 Å². The molecule has 1 rings (SSSR count). The summed E-state index contributed by atoms with van der Waals surface area (Å²) in [4.78, 5) is 0. The molecular formula is C12H14INO2. The van der Waals surface area contributed by atoms with Crippen molar-refractivity contribution >= 4 is 22.6 Å². The second kappa shape index (κ2) is 5.94. The van der Waals surface area contributed by atoms with E-state index in [4.69, 9.17) is 14.7 Å².